The lowest BCUT2D eigenvalue weighted by Crippen LogP contribution is -2.20. The zero-order valence-electron chi connectivity index (χ0n) is 18.3. The predicted octanol–water partition coefficient (Wildman–Crippen LogP) is 4.61. The van der Waals surface area contributed by atoms with Gasteiger partial charge in [-0.2, -0.15) is 0 Å². The molecule has 0 radical (unpaired) electrons. The second-order valence-corrected chi connectivity index (χ2v) is 8.17. The minimum Gasteiger partial charge on any atom is -0.493 e. The van der Waals surface area contributed by atoms with Crippen molar-refractivity contribution in [2.75, 3.05) is 11.9 Å². The Balaban J connectivity index is 1.42. The number of aromatic amines is 1. The van der Waals surface area contributed by atoms with Crippen molar-refractivity contribution in [1.82, 2.24) is 15.0 Å². The second-order valence-electron chi connectivity index (χ2n) is 8.17. The van der Waals surface area contributed by atoms with E-state index in [1.165, 1.54) is 32.1 Å². The number of anilines is 1. The molecule has 0 atom stereocenters. The number of carbonyl (C=O) groups excluding carboxylic acids is 1. The molecule has 1 amide bonds. The molecule has 1 saturated carbocycles. The number of amides is 1. The first-order valence-electron chi connectivity index (χ1n) is 11.2. The number of H-pyrrole nitrogens is 1. The van der Waals surface area contributed by atoms with E-state index >= 15 is 0 Å². The fraction of sp³-hybridized carbons (Fsp3) is 0.360. The van der Waals surface area contributed by atoms with Gasteiger partial charge in [-0.3, -0.25) is 14.6 Å². The summed E-state index contributed by atoms with van der Waals surface area (Å²) < 4.78 is 5.90. The molecule has 0 spiro atoms. The first-order chi connectivity index (χ1) is 15.6. The van der Waals surface area contributed by atoms with Crippen molar-refractivity contribution in [1.29, 1.82) is 0 Å². The number of nitrogens with zero attached hydrogens (tertiary/aromatic N) is 2. The quantitative estimate of drug-likeness (QED) is 0.568. The van der Waals surface area contributed by atoms with Gasteiger partial charge in [0.05, 0.1) is 24.2 Å². The van der Waals surface area contributed by atoms with Crippen molar-refractivity contribution in [3.63, 3.8) is 0 Å². The zero-order chi connectivity index (χ0) is 22.3. The van der Waals surface area contributed by atoms with Crippen molar-refractivity contribution in [3.8, 4) is 17.0 Å². The van der Waals surface area contributed by atoms with Gasteiger partial charge in [-0.15, -0.1) is 0 Å². The van der Waals surface area contributed by atoms with E-state index in [1.807, 2.05) is 6.92 Å². The third-order valence-electron chi connectivity index (χ3n) is 5.82. The molecule has 0 bridgehead atoms. The molecular formula is C25H28N4O3. The van der Waals surface area contributed by atoms with Gasteiger partial charge < -0.3 is 15.0 Å². The number of aryl methyl sites for hydroxylation is 1. The van der Waals surface area contributed by atoms with Crippen LogP contribution in [0.15, 0.2) is 53.7 Å². The highest BCUT2D eigenvalue weighted by atomic mass is 16.5. The van der Waals surface area contributed by atoms with Crippen LogP contribution >= 0.6 is 0 Å². The zero-order valence-corrected chi connectivity index (χ0v) is 18.3. The highest BCUT2D eigenvalue weighted by Crippen LogP contribution is 2.25. The number of ether oxygens (including phenoxy) is 1. The minimum atomic E-state index is -0.380. The predicted molar refractivity (Wildman–Crippen MR) is 124 cm³/mol. The number of hydrogen-bond donors (Lipinski definition) is 2. The SMILES string of the molecule is CCc1cncc(-c2c[nH]c(=O)c(NC(=O)c3ccc(OCC4CCCCC4)cc3)c2)n1. The normalized spacial score (nSPS) is 14.2. The molecule has 4 rings (SSSR count). The molecule has 1 aliphatic carbocycles. The van der Waals surface area contributed by atoms with Crippen LogP contribution in [-0.2, 0) is 6.42 Å². The largest absolute Gasteiger partial charge is 0.493 e. The molecule has 1 aromatic carbocycles. The van der Waals surface area contributed by atoms with E-state index < -0.39 is 0 Å². The van der Waals surface area contributed by atoms with Gasteiger partial charge in [0, 0.05) is 23.5 Å². The average molecular weight is 433 g/mol. The van der Waals surface area contributed by atoms with Crippen molar-refractivity contribution >= 4 is 11.6 Å². The van der Waals surface area contributed by atoms with E-state index in [0.717, 1.165) is 24.5 Å². The van der Waals surface area contributed by atoms with Crippen molar-refractivity contribution in [3.05, 3.63) is 70.5 Å². The van der Waals surface area contributed by atoms with E-state index in [1.54, 1.807) is 48.9 Å². The summed E-state index contributed by atoms with van der Waals surface area (Å²) >= 11 is 0. The number of pyridine rings is 1. The average Bonchev–Trinajstić information content (AvgIpc) is 2.85. The summed E-state index contributed by atoms with van der Waals surface area (Å²) in [6, 6.07) is 8.62. The maximum atomic E-state index is 12.7. The lowest BCUT2D eigenvalue weighted by molar-refractivity contribution is 0.102. The third-order valence-corrected chi connectivity index (χ3v) is 5.82. The van der Waals surface area contributed by atoms with Crippen LogP contribution in [0.4, 0.5) is 5.69 Å². The number of rotatable bonds is 7. The Kier molecular flexibility index (Phi) is 6.94. The van der Waals surface area contributed by atoms with Gasteiger partial charge >= 0.3 is 0 Å². The molecular weight excluding hydrogens is 404 g/mol. The Hall–Kier alpha value is -3.48. The van der Waals surface area contributed by atoms with Crippen LogP contribution in [0.3, 0.4) is 0 Å². The Labute approximate surface area is 187 Å². The Morgan fingerprint density at radius 2 is 1.94 bits per heavy atom. The number of carbonyl (C=O) groups is 1. The summed E-state index contributed by atoms with van der Waals surface area (Å²) in [5.74, 6) is 1.01. The summed E-state index contributed by atoms with van der Waals surface area (Å²) in [6.07, 6.45) is 12.0. The Morgan fingerprint density at radius 1 is 1.16 bits per heavy atom. The fourth-order valence-electron chi connectivity index (χ4n) is 3.91. The van der Waals surface area contributed by atoms with Gasteiger partial charge in [0.25, 0.3) is 11.5 Å². The van der Waals surface area contributed by atoms with Gasteiger partial charge in [-0.1, -0.05) is 26.2 Å². The van der Waals surface area contributed by atoms with E-state index in [2.05, 4.69) is 20.3 Å². The molecule has 0 aliphatic heterocycles. The van der Waals surface area contributed by atoms with Crippen molar-refractivity contribution < 1.29 is 9.53 Å². The summed E-state index contributed by atoms with van der Waals surface area (Å²) in [5.41, 5.74) is 2.39. The molecule has 0 saturated heterocycles. The topological polar surface area (TPSA) is 97.0 Å². The first-order valence-corrected chi connectivity index (χ1v) is 11.2. The maximum absolute atomic E-state index is 12.7. The molecule has 3 aromatic rings. The van der Waals surface area contributed by atoms with Crippen molar-refractivity contribution in [2.24, 2.45) is 5.92 Å². The summed E-state index contributed by atoms with van der Waals surface area (Å²) in [6.45, 7) is 2.72. The van der Waals surface area contributed by atoms with Crippen LogP contribution in [0.1, 0.15) is 55.1 Å². The van der Waals surface area contributed by atoms with Crippen LogP contribution in [0.25, 0.3) is 11.3 Å². The van der Waals surface area contributed by atoms with E-state index in [4.69, 9.17) is 4.74 Å². The van der Waals surface area contributed by atoms with Gasteiger partial charge in [-0.25, -0.2) is 4.98 Å². The highest BCUT2D eigenvalue weighted by molar-refractivity contribution is 6.04. The molecule has 0 unspecified atom stereocenters. The first kappa shape index (κ1) is 21.7. The van der Waals surface area contributed by atoms with Gasteiger partial charge in [-0.05, 0) is 55.5 Å². The molecule has 2 N–H and O–H groups in total. The highest BCUT2D eigenvalue weighted by Gasteiger charge is 2.15. The molecule has 1 fully saturated rings. The maximum Gasteiger partial charge on any atom is 0.271 e. The van der Waals surface area contributed by atoms with Gasteiger partial charge in [0.1, 0.15) is 11.4 Å². The molecule has 166 valence electrons. The van der Waals surface area contributed by atoms with Gasteiger partial charge in [0.2, 0.25) is 0 Å². The lowest BCUT2D eigenvalue weighted by atomic mass is 9.90. The van der Waals surface area contributed by atoms with Crippen LogP contribution in [0.5, 0.6) is 5.75 Å². The fourth-order valence-corrected chi connectivity index (χ4v) is 3.91. The minimum absolute atomic E-state index is 0.161. The molecule has 2 heterocycles. The standard InChI is InChI=1S/C25H28N4O3/c1-2-20-14-26-15-23(28-20)19-12-22(25(31)27-13-19)29-24(30)18-8-10-21(11-9-18)32-16-17-6-4-3-5-7-17/h8-15,17H,2-7,16H2,1H3,(H,27,31)(H,29,30). The lowest BCUT2D eigenvalue weighted by Gasteiger charge is -2.21. The molecule has 32 heavy (non-hydrogen) atoms. The van der Waals surface area contributed by atoms with Crippen LogP contribution < -0.4 is 15.6 Å². The monoisotopic (exact) mass is 432 g/mol. The van der Waals surface area contributed by atoms with E-state index in [9.17, 15) is 9.59 Å². The van der Waals surface area contributed by atoms with Gasteiger partial charge in [0.15, 0.2) is 0 Å². The second kappa shape index (κ2) is 10.2. The van der Waals surface area contributed by atoms with Crippen LogP contribution in [0.2, 0.25) is 0 Å². The third kappa shape index (κ3) is 5.41. The summed E-state index contributed by atoms with van der Waals surface area (Å²) in [4.78, 5) is 36.3. The Morgan fingerprint density at radius 3 is 2.69 bits per heavy atom. The number of aromatic nitrogens is 3. The van der Waals surface area contributed by atoms with Crippen LogP contribution in [0, 0.1) is 5.92 Å². The smallest absolute Gasteiger partial charge is 0.271 e. The van der Waals surface area contributed by atoms with E-state index in [0.29, 0.717) is 22.7 Å². The molecule has 1 aliphatic rings. The van der Waals surface area contributed by atoms with Crippen molar-refractivity contribution in [2.45, 2.75) is 45.4 Å². The summed E-state index contributed by atoms with van der Waals surface area (Å²) in [5, 5.41) is 2.70. The van der Waals surface area contributed by atoms with Crippen LogP contribution in [-0.4, -0.2) is 27.5 Å². The number of nitrogens with one attached hydrogen (secondary N) is 2. The van der Waals surface area contributed by atoms with E-state index in [-0.39, 0.29) is 17.2 Å². The molecule has 2 aromatic heterocycles. The Bertz CT molecular complexity index is 1120. The molecule has 7 nitrogen and oxygen atoms in total. The molecule has 7 heteroatoms. The number of hydrogen-bond acceptors (Lipinski definition) is 5. The number of benzene rings is 1. The summed E-state index contributed by atoms with van der Waals surface area (Å²) in [7, 11) is 0.